The predicted octanol–water partition coefficient (Wildman–Crippen LogP) is 6.74. The molecular weight excluding hydrogens is 570 g/mol. The summed E-state index contributed by atoms with van der Waals surface area (Å²) < 4.78 is 15.2. The van der Waals surface area contributed by atoms with Crippen LogP contribution in [0.2, 0.25) is 0 Å². The van der Waals surface area contributed by atoms with Gasteiger partial charge in [0, 0.05) is 22.9 Å². The molecule has 0 saturated carbocycles. The molecule has 0 atom stereocenters. The van der Waals surface area contributed by atoms with Crippen LogP contribution in [0, 0.1) is 0 Å². The van der Waals surface area contributed by atoms with Crippen LogP contribution in [0.1, 0.15) is 38.2 Å². The summed E-state index contributed by atoms with van der Waals surface area (Å²) >= 11 is 1.30. The minimum Gasteiger partial charge on any atom is -0.494 e. The van der Waals surface area contributed by atoms with Crippen LogP contribution < -0.4 is 19.6 Å². The van der Waals surface area contributed by atoms with E-state index < -0.39 is 0 Å². The molecule has 3 aromatic carbocycles. The lowest BCUT2D eigenvalue weighted by Crippen LogP contribution is -2.23. The molecule has 0 aliphatic heterocycles. The molecule has 0 unspecified atom stereocenters. The summed E-state index contributed by atoms with van der Waals surface area (Å²) in [5, 5.41) is 9.43. The zero-order valence-electron chi connectivity index (χ0n) is 24.6. The Morgan fingerprint density at radius 2 is 1.59 bits per heavy atom. The number of nitrogens with zero attached hydrogens (tertiary/aromatic N) is 5. The average molecular weight is 604 g/mol. The average Bonchev–Trinajstić information content (AvgIpc) is 3.76. The fraction of sp³-hybridized carbons (Fsp3) is 0.200. The minimum absolute atomic E-state index is 0.222. The van der Waals surface area contributed by atoms with Crippen molar-refractivity contribution >= 4 is 22.4 Å². The monoisotopic (exact) mass is 603 g/mol. The maximum absolute atomic E-state index is 13.5. The van der Waals surface area contributed by atoms with Crippen molar-refractivity contribution in [2.45, 2.75) is 32.6 Å². The van der Waals surface area contributed by atoms with Crippen molar-refractivity contribution in [3.05, 3.63) is 118 Å². The molecular formula is C35H33N5O3S. The molecule has 0 bridgehead atoms. The first kappa shape index (κ1) is 29.1. The highest BCUT2D eigenvalue weighted by Gasteiger charge is 2.15. The van der Waals surface area contributed by atoms with Gasteiger partial charge in [-0.05, 0) is 73.2 Å². The third-order valence-electron chi connectivity index (χ3n) is 7.11. The van der Waals surface area contributed by atoms with Crippen molar-refractivity contribution in [3.8, 4) is 39.8 Å². The molecule has 0 fully saturated rings. The minimum atomic E-state index is -0.222. The standard InChI is InChI=1S/C35H33N5O3S/c1-3-5-6-10-22-43-30-17-13-25(14-18-30)32-27(24-39(37-32)28-11-8-7-9-12-28)23-31-34(41)40-35(44-31)36-33(38-40)26-15-19-29(20-16-26)42-21-4-2/h4,7-9,11-20,23-24H,2-3,5-6,10,21-22H2,1H3/b31-23-. The van der Waals surface area contributed by atoms with E-state index in [0.717, 1.165) is 46.0 Å². The molecule has 0 aliphatic carbocycles. The van der Waals surface area contributed by atoms with Crippen LogP contribution in [0.4, 0.5) is 0 Å². The molecule has 0 radical (unpaired) electrons. The number of aromatic nitrogens is 5. The van der Waals surface area contributed by atoms with Gasteiger partial charge in [0.2, 0.25) is 4.96 Å². The first-order valence-corrected chi connectivity index (χ1v) is 15.6. The molecule has 3 heterocycles. The normalized spacial score (nSPS) is 11.7. The summed E-state index contributed by atoms with van der Waals surface area (Å²) in [6.45, 7) is 7.01. The number of para-hydroxylation sites is 1. The lowest BCUT2D eigenvalue weighted by Gasteiger charge is -2.07. The summed E-state index contributed by atoms with van der Waals surface area (Å²) in [4.78, 5) is 18.6. The van der Waals surface area contributed by atoms with Gasteiger partial charge < -0.3 is 9.47 Å². The number of fused-ring (bicyclic) bond motifs is 1. The second-order valence-corrected chi connectivity index (χ2v) is 11.3. The highest BCUT2D eigenvalue weighted by molar-refractivity contribution is 7.15. The van der Waals surface area contributed by atoms with E-state index in [1.54, 1.807) is 6.08 Å². The van der Waals surface area contributed by atoms with Crippen molar-refractivity contribution in [1.29, 1.82) is 0 Å². The van der Waals surface area contributed by atoms with E-state index in [0.29, 0.717) is 28.5 Å². The van der Waals surface area contributed by atoms with Crippen LogP contribution in [0.3, 0.4) is 0 Å². The summed E-state index contributed by atoms with van der Waals surface area (Å²) in [5.41, 5.74) is 4.02. The van der Waals surface area contributed by atoms with E-state index in [9.17, 15) is 4.79 Å². The van der Waals surface area contributed by atoms with E-state index in [2.05, 4.69) is 23.6 Å². The highest BCUT2D eigenvalue weighted by Crippen LogP contribution is 2.27. The zero-order chi connectivity index (χ0) is 30.3. The van der Waals surface area contributed by atoms with E-state index >= 15 is 0 Å². The fourth-order valence-electron chi connectivity index (χ4n) is 4.81. The molecule has 9 heteroatoms. The zero-order valence-corrected chi connectivity index (χ0v) is 25.4. The van der Waals surface area contributed by atoms with Crippen LogP contribution in [0.15, 0.2) is 103 Å². The topological polar surface area (TPSA) is 83.5 Å². The number of thiazole rings is 1. The maximum Gasteiger partial charge on any atom is 0.291 e. The lowest BCUT2D eigenvalue weighted by molar-refractivity contribution is 0.305. The third kappa shape index (κ3) is 6.48. The predicted molar refractivity (Wildman–Crippen MR) is 176 cm³/mol. The van der Waals surface area contributed by atoms with Crippen LogP contribution in [-0.4, -0.2) is 37.6 Å². The number of hydrogen-bond donors (Lipinski definition) is 0. The Balaban J connectivity index is 1.31. The third-order valence-corrected chi connectivity index (χ3v) is 8.07. The summed E-state index contributed by atoms with van der Waals surface area (Å²) in [5.74, 6) is 2.05. The molecule has 44 heavy (non-hydrogen) atoms. The second-order valence-electron chi connectivity index (χ2n) is 10.3. The van der Waals surface area contributed by atoms with Gasteiger partial charge >= 0.3 is 0 Å². The van der Waals surface area contributed by atoms with Gasteiger partial charge in [0.15, 0.2) is 5.82 Å². The summed E-state index contributed by atoms with van der Waals surface area (Å²) in [7, 11) is 0. The Kier molecular flexibility index (Phi) is 8.93. The Morgan fingerprint density at radius 1 is 0.864 bits per heavy atom. The molecule has 222 valence electrons. The Bertz CT molecular complexity index is 1960. The van der Waals surface area contributed by atoms with Crippen LogP contribution in [0.5, 0.6) is 11.5 Å². The molecule has 0 N–H and O–H groups in total. The number of benzene rings is 3. The van der Waals surface area contributed by atoms with Gasteiger partial charge in [-0.3, -0.25) is 4.79 Å². The lowest BCUT2D eigenvalue weighted by atomic mass is 10.1. The Hall–Kier alpha value is -5.02. The van der Waals surface area contributed by atoms with Crippen molar-refractivity contribution in [2.24, 2.45) is 0 Å². The van der Waals surface area contributed by atoms with E-state index in [1.165, 1.54) is 35.1 Å². The van der Waals surface area contributed by atoms with Crippen molar-refractivity contribution < 1.29 is 9.47 Å². The Labute approximate surface area is 259 Å². The van der Waals surface area contributed by atoms with Gasteiger partial charge in [0.1, 0.15) is 23.8 Å². The van der Waals surface area contributed by atoms with E-state index in [4.69, 9.17) is 14.6 Å². The molecule has 3 aromatic heterocycles. The molecule has 0 amide bonds. The first-order valence-electron chi connectivity index (χ1n) is 14.8. The first-order chi connectivity index (χ1) is 21.6. The molecule has 0 saturated heterocycles. The quantitative estimate of drug-likeness (QED) is 0.107. The largest absolute Gasteiger partial charge is 0.494 e. The van der Waals surface area contributed by atoms with E-state index in [1.807, 2.05) is 95.8 Å². The van der Waals surface area contributed by atoms with Gasteiger partial charge in [-0.15, -0.1) is 5.10 Å². The number of rotatable bonds is 13. The second kappa shape index (κ2) is 13.5. The van der Waals surface area contributed by atoms with Gasteiger partial charge in [0.25, 0.3) is 5.56 Å². The molecule has 6 rings (SSSR count). The van der Waals surface area contributed by atoms with Gasteiger partial charge in [-0.2, -0.15) is 14.6 Å². The maximum atomic E-state index is 13.5. The van der Waals surface area contributed by atoms with Crippen LogP contribution in [-0.2, 0) is 0 Å². The molecule has 6 aromatic rings. The van der Waals surface area contributed by atoms with Crippen LogP contribution >= 0.6 is 11.3 Å². The van der Waals surface area contributed by atoms with Crippen molar-refractivity contribution in [2.75, 3.05) is 13.2 Å². The highest BCUT2D eigenvalue weighted by atomic mass is 32.1. The number of ether oxygens (including phenoxy) is 2. The van der Waals surface area contributed by atoms with Gasteiger partial charge in [-0.1, -0.05) is 68.4 Å². The Morgan fingerprint density at radius 3 is 2.30 bits per heavy atom. The SMILES string of the molecule is C=CCOc1ccc(-c2nc3s/c(=C\c4cn(-c5ccccc5)nc4-c4ccc(OCCCCCC)cc4)c(=O)n3n2)cc1. The summed E-state index contributed by atoms with van der Waals surface area (Å²) in [6, 6.07) is 25.3. The molecule has 0 spiro atoms. The van der Waals surface area contributed by atoms with Crippen molar-refractivity contribution in [1.82, 2.24) is 24.4 Å². The fourth-order valence-corrected chi connectivity index (χ4v) is 5.71. The van der Waals surface area contributed by atoms with Crippen molar-refractivity contribution in [3.63, 3.8) is 0 Å². The number of hydrogen-bond acceptors (Lipinski definition) is 7. The molecule has 0 aliphatic rings. The smallest absolute Gasteiger partial charge is 0.291 e. The van der Waals surface area contributed by atoms with E-state index in [-0.39, 0.29) is 5.56 Å². The van der Waals surface area contributed by atoms with Gasteiger partial charge in [-0.25, -0.2) is 4.68 Å². The summed E-state index contributed by atoms with van der Waals surface area (Å²) in [6.07, 6.45) is 10.2. The van der Waals surface area contributed by atoms with Gasteiger partial charge in [0.05, 0.1) is 16.8 Å². The number of unbranched alkanes of at least 4 members (excludes halogenated alkanes) is 3. The molecule has 8 nitrogen and oxygen atoms in total. The van der Waals surface area contributed by atoms with Crippen LogP contribution in [0.25, 0.3) is 39.4 Å².